The standard InChI is InChI=1S/C19H27NO3.C19H27NO2/c1-12(2)8-19-11-20-4-3-13-5-14(9-21)15(10-22)6-16(13)17(20)7-18(19)23-19;1-13(2)7-14-3-4-19-18-9-17(12-22)16(11-21)8-15(18)5-6-20(19)10-14/h5-6,12,17-18,21-22H,3-4,7-11H2,1-2H3;3,8-9,13,19,21-22H,4-7,10-12H2,1-2H3/t17-,18?,19?;19-/m11/s1. The second-order valence-electron chi connectivity index (χ2n) is 14.9. The number of hydrogen-bond acceptors (Lipinski definition) is 7. The van der Waals surface area contributed by atoms with Crippen molar-refractivity contribution in [1.29, 1.82) is 0 Å². The topological polar surface area (TPSA) is 99.9 Å². The van der Waals surface area contributed by atoms with Gasteiger partial charge in [0, 0.05) is 38.3 Å². The molecule has 45 heavy (non-hydrogen) atoms. The highest BCUT2D eigenvalue weighted by atomic mass is 16.6. The van der Waals surface area contributed by atoms with Crippen LogP contribution in [0.4, 0.5) is 0 Å². The van der Waals surface area contributed by atoms with Crippen molar-refractivity contribution in [1.82, 2.24) is 9.80 Å². The number of fused-ring (bicyclic) bond motifs is 7. The fraction of sp³-hybridized carbons (Fsp3) is 0.632. The quantitative estimate of drug-likeness (QED) is 0.241. The molecule has 4 atom stereocenters. The van der Waals surface area contributed by atoms with Crippen LogP contribution in [0.25, 0.3) is 0 Å². The number of ether oxygens (including phenoxy) is 1. The first-order valence-electron chi connectivity index (χ1n) is 17.2. The highest BCUT2D eigenvalue weighted by Gasteiger charge is 2.61. The van der Waals surface area contributed by atoms with Crippen LogP contribution in [0.15, 0.2) is 35.9 Å². The highest BCUT2D eigenvalue weighted by molar-refractivity contribution is 5.43. The summed E-state index contributed by atoms with van der Waals surface area (Å²) in [5.41, 5.74) is 10.5. The van der Waals surface area contributed by atoms with E-state index in [1.165, 1.54) is 28.7 Å². The van der Waals surface area contributed by atoms with Crippen LogP contribution in [0.5, 0.6) is 0 Å². The van der Waals surface area contributed by atoms with E-state index >= 15 is 0 Å². The second kappa shape index (κ2) is 13.6. The number of hydrogen-bond donors (Lipinski definition) is 4. The van der Waals surface area contributed by atoms with Gasteiger partial charge in [0.05, 0.1) is 32.5 Å². The number of aliphatic hydroxyl groups is 4. The van der Waals surface area contributed by atoms with Crippen LogP contribution in [0.2, 0.25) is 0 Å². The van der Waals surface area contributed by atoms with Gasteiger partial charge in [-0.2, -0.15) is 0 Å². The molecule has 7 rings (SSSR count). The first-order chi connectivity index (χ1) is 21.7. The van der Waals surface area contributed by atoms with E-state index in [1.807, 2.05) is 0 Å². The summed E-state index contributed by atoms with van der Waals surface area (Å²) in [4.78, 5) is 5.16. The number of benzene rings is 2. The van der Waals surface area contributed by atoms with E-state index in [1.54, 1.807) is 5.57 Å². The van der Waals surface area contributed by atoms with Crippen molar-refractivity contribution in [3.8, 4) is 0 Å². The maximum Gasteiger partial charge on any atom is 0.108 e. The van der Waals surface area contributed by atoms with Crippen molar-refractivity contribution in [3.63, 3.8) is 0 Å². The minimum absolute atomic E-state index is 0.000784. The van der Waals surface area contributed by atoms with Crippen LogP contribution >= 0.6 is 0 Å². The van der Waals surface area contributed by atoms with Crippen LogP contribution < -0.4 is 0 Å². The van der Waals surface area contributed by atoms with Gasteiger partial charge in [0.25, 0.3) is 0 Å². The van der Waals surface area contributed by atoms with Gasteiger partial charge in [-0.25, -0.2) is 0 Å². The molecule has 2 aromatic carbocycles. The summed E-state index contributed by atoms with van der Waals surface area (Å²) in [6, 6.07) is 9.30. The van der Waals surface area contributed by atoms with E-state index in [0.29, 0.717) is 30.0 Å². The lowest BCUT2D eigenvalue weighted by atomic mass is 9.80. The normalized spacial score (nSPS) is 27.1. The lowest BCUT2D eigenvalue weighted by molar-refractivity contribution is 0.112. The molecule has 7 heteroatoms. The van der Waals surface area contributed by atoms with Gasteiger partial charge in [-0.3, -0.25) is 9.80 Å². The lowest BCUT2D eigenvalue weighted by Gasteiger charge is -2.42. The van der Waals surface area contributed by atoms with Crippen LogP contribution in [-0.4, -0.2) is 68.1 Å². The molecule has 0 radical (unpaired) electrons. The number of nitrogens with zero attached hydrogens (tertiary/aromatic N) is 2. The Hall–Kier alpha value is -2.10. The number of rotatable bonds is 8. The maximum atomic E-state index is 9.60. The highest BCUT2D eigenvalue weighted by Crippen LogP contribution is 2.53. The number of piperidine rings is 1. The smallest absolute Gasteiger partial charge is 0.108 e. The Kier molecular flexibility index (Phi) is 9.89. The minimum Gasteiger partial charge on any atom is -0.392 e. The van der Waals surface area contributed by atoms with Gasteiger partial charge in [-0.1, -0.05) is 63.6 Å². The van der Waals surface area contributed by atoms with Gasteiger partial charge < -0.3 is 25.2 Å². The first kappa shape index (κ1) is 32.8. The monoisotopic (exact) mass is 618 g/mol. The van der Waals surface area contributed by atoms with Gasteiger partial charge in [0.2, 0.25) is 0 Å². The maximum absolute atomic E-state index is 9.60. The van der Waals surface area contributed by atoms with E-state index in [-0.39, 0.29) is 32.0 Å². The molecule has 0 aliphatic carbocycles. The Morgan fingerprint density at radius 2 is 1.31 bits per heavy atom. The molecule has 4 N–H and O–H groups in total. The van der Waals surface area contributed by atoms with Gasteiger partial charge >= 0.3 is 0 Å². The molecule has 2 aromatic rings. The zero-order chi connectivity index (χ0) is 31.9. The van der Waals surface area contributed by atoms with Crippen LogP contribution in [0.1, 0.15) is 110 Å². The van der Waals surface area contributed by atoms with E-state index < -0.39 is 0 Å². The van der Waals surface area contributed by atoms with Crippen LogP contribution in [-0.2, 0) is 44.0 Å². The molecular formula is C38H54N2O5. The molecule has 7 nitrogen and oxygen atoms in total. The molecule has 0 saturated carbocycles. The van der Waals surface area contributed by atoms with Crippen molar-refractivity contribution < 1.29 is 25.2 Å². The van der Waals surface area contributed by atoms with Gasteiger partial charge in [0.15, 0.2) is 0 Å². The molecule has 0 spiro atoms. The third kappa shape index (κ3) is 6.68. The zero-order valence-corrected chi connectivity index (χ0v) is 27.8. The summed E-state index contributed by atoms with van der Waals surface area (Å²) in [5, 5.41) is 38.1. The summed E-state index contributed by atoms with van der Waals surface area (Å²) < 4.78 is 6.15. The van der Waals surface area contributed by atoms with Crippen molar-refractivity contribution in [3.05, 3.63) is 80.4 Å². The molecule has 2 unspecified atom stereocenters. The van der Waals surface area contributed by atoms with Gasteiger partial charge in [-0.05, 0) is 94.9 Å². The Morgan fingerprint density at radius 1 is 0.756 bits per heavy atom. The molecule has 5 aliphatic rings. The Morgan fingerprint density at radius 3 is 1.87 bits per heavy atom. The summed E-state index contributed by atoms with van der Waals surface area (Å²) in [5.74, 6) is 1.38. The lowest BCUT2D eigenvalue weighted by Crippen LogP contribution is -2.47. The molecule has 2 saturated heterocycles. The van der Waals surface area contributed by atoms with E-state index in [4.69, 9.17) is 4.74 Å². The van der Waals surface area contributed by atoms with E-state index in [2.05, 4.69) is 67.8 Å². The SMILES string of the molecule is CC(C)CC12CN3CCc4cc(CO)c(CO)cc4[C@H]3CC1O2.CC(C)CC1=CC[C@@H]2c3cc(CO)c(CO)cc3CCN2C1. The molecule has 0 amide bonds. The van der Waals surface area contributed by atoms with E-state index in [9.17, 15) is 20.4 Å². The first-order valence-corrected chi connectivity index (χ1v) is 17.2. The molecule has 5 heterocycles. The summed E-state index contributed by atoms with van der Waals surface area (Å²) in [6.07, 6.45) is 9.36. The molecule has 0 bridgehead atoms. The van der Waals surface area contributed by atoms with Crippen molar-refractivity contribution in [2.24, 2.45) is 11.8 Å². The average molecular weight is 619 g/mol. The Labute approximate surface area is 269 Å². The zero-order valence-electron chi connectivity index (χ0n) is 27.8. The largest absolute Gasteiger partial charge is 0.392 e. The van der Waals surface area contributed by atoms with Gasteiger partial charge in [0.1, 0.15) is 5.60 Å². The fourth-order valence-electron chi connectivity index (χ4n) is 8.73. The predicted molar refractivity (Wildman–Crippen MR) is 176 cm³/mol. The number of epoxide rings is 1. The van der Waals surface area contributed by atoms with Crippen LogP contribution in [0, 0.1) is 11.8 Å². The third-order valence-corrected chi connectivity index (χ3v) is 10.8. The van der Waals surface area contributed by atoms with Crippen LogP contribution in [0.3, 0.4) is 0 Å². The molecular weight excluding hydrogens is 564 g/mol. The average Bonchev–Trinajstić information content (AvgIpc) is 3.73. The predicted octanol–water partition coefficient (Wildman–Crippen LogP) is 5.10. The van der Waals surface area contributed by atoms with E-state index in [0.717, 1.165) is 80.5 Å². The Balaban J connectivity index is 0.000000159. The Bertz CT molecular complexity index is 1400. The minimum atomic E-state index is -0.00684. The summed E-state index contributed by atoms with van der Waals surface area (Å²) in [6.45, 7) is 13.4. The molecule has 2 fully saturated rings. The van der Waals surface area contributed by atoms with Gasteiger partial charge in [-0.15, -0.1) is 0 Å². The van der Waals surface area contributed by atoms with Crippen molar-refractivity contribution in [2.75, 3.05) is 26.2 Å². The molecule has 0 aromatic heterocycles. The third-order valence-electron chi connectivity index (χ3n) is 10.8. The molecule has 5 aliphatic heterocycles. The summed E-state index contributed by atoms with van der Waals surface area (Å²) in [7, 11) is 0. The van der Waals surface area contributed by atoms with Crippen molar-refractivity contribution >= 4 is 0 Å². The van der Waals surface area contributed by atoms with Crippen molar-refractivity contribution in [2.45, 2.75) is 116 Å². The fourth-order valence-corrected chi connectivity index (χ4v) is 8.73. The summed E-state index contributed by atoms with van der Waals surface area (Å²) >= 11 is 0. The number of aliphatic hydroxyl groups excluding tert-OH is 4. The molecule has 246 valence electrons. The second-order valence-corrected chi connectivity index (χ2v) is 14.9.